The van der Waals surface area contributed by atoms with Crippen molar-refractivity contribution in [1.82, 2.24) is 4.90 Å². The van der Waals surface area contributed by atoms with Gasteiger partial charge >= 0.3 is 6.03 Å². The van der Waals surface area contributed by atoms with Crippen molar-refractivity contribution in [3.63, 3.8) is 0 Å². The number of amides is 2. The molecule has 0 spiro atoms. The average Bonchev–Trinajstić information content (AvgIpc) is 3.11. The number of carbonyl (C=O) groups excluding carboxylic acids is 1. The molecule has 0 aromatic heterocycles. The molecular formula is C19H21N3O4. The zero-order chi connectivity index (χ0) is 18.7. The van der Waals surface area contributed by atoms with Crippen LogP contribution in [-0.2, 0) is 0 Å². The molecule has 0 bridgehead atoms. The molecule has 2 aromatic carbocycles. The maximum absolute atomic E-state index is 12.8. The number of urea groups is 1. The highest BCUT2D eigenvalue weighted by Gasteiger charge is 2.30. The van der Waals surface area contributed by atoms with Crippen molar-refractivity contribution in [3.8, 4) is 5.75 Å². The van der Waals surface area contributed by atoms with Crippen LogP contribution in [-0.4, -0.2) is 29.5 Å². The monoisotopic (exact) mass is 355 g/mol. The Morgan fingerprint density at radius 3 is 2.81 bits per heavy atom. The Balaban J connectivity index is 1.83. The van der Waals surface area contributed by atoms with Gasteiger partial charge in [-0.25, -0.2) is 4.79 Å². The highest BCUT2D eigenvalue weighted by atomic mass is 16.6. The van der Waals surface area contributed by atoms with Crippen LogP contribution in [0, 0.1) is 17.0 Å². The van der Waals surface area contributed by atoms with Crippen molar-refractivity contribution in [1.29, 1.82) is 0 Å². The number of nitrogens with zero attached hydrogens (tertiary/aromatic N) is 2. The van der Waals surface area contributed by atoms with Gasteiger partial charge in [0, 0.05) is 18.7 Å². The van der Waals surface area contributed by atoms with Crippen molar-refractivity contribution in [2.45, 2.75) is 25.8 Å². The molecule has 26 heavy (non-hydrogen) atoms. The molecule has 7 nitrogen and oxygen atoms in total. The molecule has 1 unspecified atom stereocenters. The largest absolute Gasteiger partial charge is 0.495 e. The smallest absolute Gasteiger partial charge is 0.322 e. The van der Waals surface area contributed by atoms with Crippen LogP contribution in [0.5, 0.6) is 5.75 Å². The number of rotatable bonds is 4. The van der Waals surface area contributed by atoms with E-state index in [9.17, 15) is 14.9 Å². The lowest BCUT2D eigenvalue weighted by Gasteiger charge is -2.26. The van der Waals surface area contributed by atoms with Crippen LogP contribution in [0.3, 0.4) is 0 Å². The molecule has 136 valence electrons. The van der Waals surface area contributed by atoms with Crippen molar-refractivity contribution in [2.24, 2.45) is 0 Å². The Hall–Kier alpha value is -3.09. The Labute approximate surface area is 151 Å². The molecule has 7 heteroatoms. The van der Waals surface area contributed by atoms with Crippen molar-refractivity contribution in [3.05, 3.63) is 63.7 Å². The highest BCUT2D eigenvalue weighted by Crippen LogP contribution is 2.34. The van der Waals surface area contributed by atoms with Gasteiger partial charge in [0.2, 0.25) is 0 Å². The van der Waals surface area contributed by atoms with Crippen molar-refractivity contribution in [2.75, 3.05) is 19.0 Å². The number of benzene rings is 2. The number of methoxy groups -OCH3 is 1. The first-order valence-electron chi connectivity index (χ1n) is 8.46. The number of ether oxygens (including phenoxy) is 1. The number of aryl methyl sites for hydroxylation is 1. The average molecular weight is 355 g/mol. The molecule has 3 rings (SSSR count). The summed E-state index contributed by atoms with van der Waals surface area (Å²) in [6.45, 7) is 2.67. The first-order valence-corrected chi connectivity index (χ1v) is 8.46. The zero-order valence-corrected chi connectivity index (χ0v) is 14.8. The van der Waals surface area contributed by atoms with Crippen LogP contribution < -0.4 is 10.1 Å². The van der Waals surface area contributed by atoms with Gasteiger partial charge in [-0.1, -0.05) is 29.8 Å². The Morgan fingerprint density at radius 1 is 1.31 bits per heavy atom. The van der Waals surface area contributed by atoms with Gasteiger partial charge in [0.15, 0.2) is 0 Å². The topological polar surface area (TPSA) is 84.7 Å². The summed E-state index contributed by atoms with van der Waals surface area (Å²) < 4.78 is 5.21. The van der Waals surface area contributed by atoms with Gasteiger partial charge < -0.3 is 15.0 Å². The number of carbonyl (C=O) groups is 1. The summed E-state index contributed by atoms with van der Waals surface area (Å²) in [4.78, 5) is 25.1. The van der Waals surface area contributed by atoms with Crippen LogP contribution in [0.1, 0.15) is 30.0 Å². The molecule has 1 heterocycles. The molecule has 0 aliphatic carbocycles. The predicted molar refractivity (Wildman–Crippen MR) is 98.5 cm³/mol. The Kier molecular flexibility index (Phi) is 5.06. The maximum Gasteiger partial charge on any atom is 0.322 e. The summed E-state index contributed by atoms with van der Waals surface area (Å²) in [6, 6.07) is 12.0. The molecule has 1 aliphatic heterocycles. The number of nitrogens with one attached hydrogen (secondary N) is 1. The van der Waals surface area contributed by atoms with E-state index in [-0.39, 0.29) is 17.8 Å². The highest BCUT2D eigenvalue weighted by molar-refractivity contribution is 5.92. The van der Waals surface area contributed by atoms with Gasteiger partial charge in [0.1, 0.15) is 5.75 Å². The summed E-state index contributed by atoms with van der Waals surface area (Å²) >= 11 is 0. The fourth-order valence-corrected chi connectivity index (χ4v) is 3.33. The first-order chi connectivity index (χ1) is 12.5. The van der Waals surface area contributed by atoms with Gasteiger partial charge in [-0.05, 0) is 31.4 Å². The molecule has 2 aromatic rings. The minimum absolute atomic E-state index is 0.000377. The predicted octanol–water partition coefficient (Wildman–Crippen LogP) is 4.28. The first kappa shape index (κ1) is 17.7. The number of nitro groups is 1. The van der Waals surface area contributed by atoms with E-state index in [1.807, 2.05) is 25.1 Å². The van der Waals surface area contributed by atoms with Gasteiger partial charge in [-0.3, -0.25) is 10.1 Å². The number of non-ortho nitro benzene ring substituents is 1. The Bertz CT molecular complexity index is 837. The molecule has 1 aliphatic rings. The summed E-state index contributed by atoms with van der Waals surface area (Å²) in [5.41, 5.74) is 2.44. The lowest BCUT2D eigenvalue weighted by Crippen LogP contribution is -2.34. The molecule has 0 saturated carbocycles. The van der Waals surface area contributed by atoms with Crippen LogP contribution in [0.15, 0.2) is 42.5 Å². The van der Waals surface area contributed by atoms with Crippen LogP contribution >= 0.6 is 0 Å². The molecule has 0 radical (unpaired) electrons. The van der Waals surface area contributed by atoms with Crippen LogP contribution in [0.4, 0.5) is 16.2 Å². The second-order valence-electron chi connectivity index (χ2n) is 6.34. The molecule has 2 amide bonds. The number of likely N-dealkylation sites (tertiary alicyclic amines) is 1. The number of anilines is 1. The molecular weight excluding hydrogens is 334 g/mol. The second kappa shape index (κ2) is 7.43. The van der Waals surface area contributed by atoms with E-state index < -0.39 is 4.92 Å². The van der Waals surface area contributed by atoms with E-state index >= 15 is 0 Å². The molecule has 1 N–H and O–H groups in total. The van der Waals surface area contributed by atoms with Crippen molar-refractivity contribution >= 4 is 17.4 Å². The van der Waals surface area contributed by atoms with E-state index in [1.165, 1.54) is 25.3 Å². The SMILES string of the molecule is COc1ccc([N+](=O)[O-])cc1NC(=O)N1CCCC1c1cccc(C)c1. The zero-order valence-electron chi connectivity index (χ0n) is 14.8. The van der Waals surface area contributed by atoms with Gasteiger partial charge in [0.25, 0.3) is 5.69 Å². The summed E-state index contributed by atoms with van der Waals surface area (Å²) in [5, 5.41) is 13.8. The number of hydrogen-bond acceptors (Lipinski definition) is 4. The molecule has 1 fully saturated rings. The van der Waals surface area contributed by atoms with E-state index in [2.05, 4.69) is 11.4 Å². The van der Waals surface area contributed by atoms with Gasteiger partial charge in [-0.15, -0.1) is 0 Å². The minimum atomic E-state index is -0.500. The standard InChI is InChI=1S/C19H21N3O4/c1-13-5-3-6-14(11-13)17-7-4-10-21(17)19(23)20-16-12-15(22(24)25)8-9-18(16)26-2/h3,5-6,8-9,11-12,17H,4,7,10H2,1-2H3,(H,20,23). The van der Waals surface area contributed by atoms with E-state index in [1.54, 1.807) is 4.90 Å². The quantitative estimate of drug-likeness (QED) is 0.655. The molecule has 1 saturated heterocycles. The third-order valence-electron chi connectivity index (χ3n) is 4.58. The number of nitro benzene ring substituents is 1. The maximum atomic E-state index is 12.8. The van der Waals surface area contributed by atoms with Gasteiger partial charge in [0.05, 0.1) is 23.8 Å². The minimum Gasteiger partial charge on any atom is -0.495 e. The van der Waals surface area contributed by atoms with E-state index in [0.29, 0.717) is 18.0 Å². The summed E-state index contributed by atoms with van der Waals surface area (Å²) in [7, 11) is 1.46. The lowest BCUT2D eigenvalue weighted by atomic mass is 10.0. The third-order valence-corrected chi connectivity index (χ3v) is 4.58. The summed E-state index contributed by atoms with van der Waals surface area (Å²) in [5.74, 6) is 0.384. The van der Waals surface area contributed by atoms with E-state index in [4.69, 9.17) is 4.74 Å². The second-order valence-corrected chi connectivity index (χ2v) is 6.34. The van der Waals surface area contributed by atoms with Crippen molar-refractivity contribution < 1.29 is 14.5 Å². The normalized spacial score (nSPS) is 16.4. The lowest BCUT2D eigenvalue weighted by molar-refractivity contribution is -0.384. The molecule has 1 atom stereocenters. The Morgan fingerprint density at radius 2 is 2.12 bits per heavy atom. The van der Waals surface area contributed by atoms with E-state index in [0.717, 1.165) is 24.0 Å². The number of hydrogen-bond donors (Lipinski definition) is 1. The van der Waals surface area contributed by atoms with Crippen LogP contribution in [0.2, 0.25) is 0 Å². The van der Waals surface area contributed by atoms with Gasteiger partial charge in [-0.2, -0.15) is 0 Å². The summed E-state index contributed by atoms with van der Waals surface area (Å²) in [6.07, 6.45) is 1.81. The fourth-order valence-electron chi connectivity index (χ4n) is 3.33. The fraction of sp³-hybridized carbons (Fsp3) is 0.316. The third kappa shape index (κ3) is 3.61. The van der Waals surface area contributed by atoms with Crippen LogP contribution in [0.25, 0.3) is 0 Å².